The highest BCUT2D eigenvalue weighted by molar-refractivity contribution is 7.99. The molecule has 1 atom stereocenters. The van der Waals surface area contributed by atoms with Crippen molar-refractivity contribution < 1.29 is 17.6 Å². The zero-order valence-electron chi connectivity index (χ0n) is 22.8. The maximum atomic E-state index is 12.4. The summed E-state index contributed by atoms with van der Waals surface area (Å²) in [5, 5.41) is 2.91. The van der Waals surface area contributed by atoms with Gasteiger partial charge in [-0.3, -0.25) is 4.79 Å². The zero-order valence-corrected chi connectivity index (χ0v) is 24.4. The molecule has 202 valence electrons. The molecule has 0 bridgehead atoms. The van der Waals surface area contributed by atoms with Crippen LogP contribution in [0.2, 0.25) is 0 Å². The molecule has 1 rings (SSSR count). The van der Waals surface area contributed by atoms with Gasteiger partial charge in [-0.15, -0.1) is 0 Å². The number of oxazole rings is 1. The van der Waals surface area contributed by atoms with Crippen LogP contribution in [0.3, 0.4) is 0 Å². The lowest BCUT2D eigenvalue weighted by molar-refractivity contribution is -0.117. The summed E-state index contributed by atoms with van der Waals surface area (Å²) in [7, 11) is -3.40. The number of nitrogens with zero attached hydrogens (tertiary/aromatic N) is 1. The van der Waals surface area contributed by atoms with Crippen molar-refractivity contribution in [2.45, 2.75) is 79.2 Å². The molecule has 0 saturated heterocycles. The molecule has 0 spiro atoms. The van der Waals surface area contributed by atoms with Crippen LogP contribution in [0.25, 0.3) is 0 Å². The van der Waals surface area contributed by atoms with Crippen LogP contribution in [0.4, 0.5) is 6.01 Å². The Morgan fingerprint density at radius 1 is 0.972 bits per heavy atom. The number of rotatable bonds is 18. The number of ketones is 1. The Labute approximate surface area is 222 Å². The first-order valence-electron chi connectivity index (χ1n) is 12.5. The van der Waals surface area contributed by atoms with E-state index in [2.05, 4.69) is 69.2 Å². The van der Waals surface area contributed by atoms with Crippen molar-refractivity contribution in [3.8, 4) is 0 Å². The summed E-state index contributed by atoms with van der Waals surface area (Å²) in [6.45, 7) is 10.8. The molecule has 0 aliphatic rings. The van der Waals surface area contributed by atoms with Crippen molar-refractivity contribution in [3.63, 3.8) is 0 Å². The molecule has 36 heavy (non-hydrogen) atoms. The second-order valence-corrected chi connectivity index (χ2v) is 12.9. The highest BCUT2D eigenvalue weighted by atomic mass is 32.2. The molecule has 1 aromatic rings. The van der Waals surface area contributed by atoms with E-state index in [1.807, 2.05) is 0 Å². The van der Waals surface area contributed by atoms with Gasteiger partial charge in [-0.1, -0.05) is 46.6 Å². The van der Waals surface area contributed by atoms with Gasteiger partial charge in [0.2, 0.25) is 0 Å². The first-order valence-corrected chi connectivity index (χ1v) is 15.7. The van der Waals surface area contributed by atoms with E-state index in [0.717, 1.165) is 50.5 Å². The smallest absolute Gasteiger partial charge is 0.295 e. The van der Waals surface area contributed by atoms with Crippen LogP contribution in [0.15, 0.2) is 63.5 Å². The van der Waals surface area contributed by atoms with E-state index in [1.165, 1.54) is 34.8 Å². The molecule has 6 nitrogen and oxygen atoms in total. The number of carbonyl (C=O) groups is 1. The van der Waals surface area contributed by atoms with Gasteiger partial charge in [-0.25, -0.2) is 13.4 Å². The molecular formula is C28H44N2O4S2. The lowest BCUT2D eigenvalue weighted by atomic mass is 10.0. The molecule has 1 aromatic heterocycles. The molecule has 1 N–H and O–H groups in total. The summed E-state index contributed by atoms with van der Waals surface area (Å²) < 4.78 is 28.3. The first-order chi connectivity index (χ1) is 17.0. The molecule has 1 unspecified atom stereocenters. The van der Waals surface area contributed by atoms with Gasteiger partial charge in [0.1, 0.15) is 12.0 Å². The summed E-state index contributed by atoms with van der Waals surface area (Å²) >= 11 is 1.58. The normalized spacial score (nSPS) is 14.0. The van der Waals surface area contributed by atoms with Crippen LogP contribution in [-0.4, -0.2) is 48.7 Å². The Hall–Kier alpha value is -2.06. The third-order valence-corrected chi connectivity index (χ3v) is 7.29. The van der Waals surface area contributed by atoms with Crippen LogP contribution in [0, 0.1) is 0 Å². The van der Waals surface area contributed by atoms with Crippen molar-refractivity contribution in [3.05, 3.63) is 59.1 Å². The molecule has 0 radical (unpaired) electrons. The standard InChI is InChI=1S/C28H44N2O4S2/c1-22(2)10-7-11-23(3)12-8-13-24(4)14-9-15-25(5)16-19-35-20-26(27(31)21-36(6,32)33)30-28-29-17-18-34-28/h10,12,14,16-18,26H,7-9,11,13,15,19-21H2,1-6H3,(H,29,30)/b23-12+,24-14+,25-16+. The van der Waals surface area contributed by atoms with Crippen molar-refractivity contribution >= 4 is 33.4 Å². The predicted molar refractivity (Wildman–Crippen MR) is 154 cm³/mol. The molecular weight excluding hydrogens is 492 g/mol. The molecule has 0 aliphatic heterocycles. The third-order valence-electron chi connectivity index (χ3n) is 5.51. The molecule has 0 fully saturated rings. The molecule has 0 saturated carbocycles. The van der Waals surface area contributed by atoms with Gasteiger partial charge in [0, 0.05) is 17.8 Å². The fourth-order valence-corrected chi connectivity index (χ4v) is 5.15. The van der Waals surface area contributed by atoms with Crippen molar-refractivity contribution in [1.29, 1.82) is 0 Å². The average Bonchev–Trinajstić information content (AvgIpc) is 3.27. The van der Waals surface area contributed by atoms with Gasteiger partial charge in [0.05, 0.1) is 12.2 Å². The minimum atomic E-state index is -3.40. The number of aromatic nitrogens is 1. The first kappa shape index (κ1) is 32.0. The number of thioether (sulfide) groups is 1. The molecule has 1 heterocycles. The molecule has 0 aliphatic carbocycles. The Morgan fingerprint density at radius 3 is 2.03 bits per heavy atom. The summed E-state index contributed by atoms with van der Waals surface area (Å²) in [5.74, 6) is 0.294. The highest BCUT2D eigenvalue weighted by Gasteiger charge is 2.23. The Balaban J connectivity index is 2.40. The maximum absolute atomic E-state index is 12.4. The molecule has 0 amide bonds. The summed E-state index contributed by atoms with van der Waals surface area (Å²) in [6.07, 6.45) is 19.6. The third kappa shape index (κ3) is 16.6. The van der Waals surface area contributed by atoms with Gasteiger partial charge in [0.15, 0.2) is 15.6 Å². The largest absolute Gasteiger partial charge is 0.432 e. The van der Waals surface area contributed by atoms with E-state index < -0.39 is 21.6 Å². The van der Waals surface area contributed by atoms with E-state index in [0.29, 0.717) is 5.75 Å². The van der Waals surface area contributed by atoms with Crippen LogP contribution in [0.1, 0.15) is 73.1 Å². The van der Waals surface area contributed by atoms with Crippen molar-refractivity contribution in [2.75, 3.05) is 28.8 Å². The summed E-state index contributed by atoms with van der Waals surface area (Å²) in [4.78, 5) is 16.4. The van der Waals surface area contributed by atoms with Crippen LogP contribution in [-0.2, 0) is 14.6 Å². The quantitative estimate of drug-likeness (QED) is 0.160. The van der Waals surface area contributed by atoms with Gasteiger partial charge in [0.25, 0.3) is 6.01 Å². The SMILES string of the molecule is CC(C)=CCC/C(C)=C/CC/C(C)=C/CC/C(C)=C/CSCC(Nc1ncco1)C(=O)CS(C)(=O)=O. The minimum Gasteiger partial charge on any atom is -0.432 e. The van der Waals surface area contributed by atoms with E-state index in [1.54, 1.807) is 11.8 Å². The van der Waals surface area contributed by atoms with Gasteiger partial charge in [-0.05, 0) is 73.1 Å². The lowest BCUT2D eigenvalue weighted by Crippen LogP contribution is -2.36. The Bertz CT molecular complexity index is 1020. The highest BCUT2D eigenvalue weighted by Crippen LogP contribution is 2.15. The van der Waals surface area contributed by atoms with Crippen molar-refractivity contribution in [1.82, 2.24) is 4.98 Å². The van der Waals surface area contributed by atoms with E-state index in [9.17, 15) is 13.2 Å². The second kappa shape index (κ2) is 17.4. The van der Waals surface area contributed by atoms with Gasteiger partial charge < -0.3 is 9.73 Å². The summed E-state index contributed by atoms with van der Waals surface area (Å²) in [6, 6.07) is -0.460. The minimum absolute atomic E-state index is 0.214. The van der Waals surface area contributed by atoms with E-state index in [-0.39, 0.29) is 11.8 Å². The predicted octanol–water partition coefficient (Wildman–Crippen LogP) is 6.95. The molecule has 0 aromatic carbocycles. The number of sulfone groups is 1. The van der Waals surface area contributed by atoms with Crippen molar-refractivity contribution in [2.24, 2.45) is 0 Å². The number of Topliss-reactive ketones (excluding diaryl/α,β-unsaturated/α-hetero) is 1. The van der Waals surface area contributed by atoms with Crippen LogP contribution < -0.4 is 5.32 Å². The number of anilines is 1. The maximum Gasteiger partial charge on any atom is 0.295 e. The Kier molecular flexibility index (Phi) is 15.5. The van der Waals surface area contributed by atoms with E-state index >= 15 is 0 Å². The fourth-order valence-electron chi connectivity index (χ4n) is 3.39. The molecule has 8 heteroatoms. The van der Waals surface area contributed by atoms with Gasteiger partial charge in [-0.2, -0.15) is 11.8 Å². The number of carbonyl (C=O) groups excluding carboxylic acids is 1. The number of nitrogens with one attached hydrogen (secondary N) is 1. The fraction of sp³-hybridized carbons (Fsp3) is 0.571. The monoisotopic (exact) mass is 536 g/mol. The lowest BCUT2D eigenvalue weighted by Gasteiger charge is -2.15. The topological polar surface area (TPSA) is 89.3 Å². The second-order valence-electron chi connectivity index (χ2n) is 9.66. The number of allylic oxidation sites excluding steroid dienone is 7. The zero-order chi connectivity index (χ0) is 27.0. The summed E-state index contributed by atoms with van der Waals surface area (Å²) in [5.41, 5.74) is 5.58. The van der Waals surface area contributed by atoms with Crippen LogP contribution in [0.5, 0.6) is 0 Å². The number of hydrogen-bond donors (Lipinski definition) is 1. The Morgan fingerprint density at radius 2 is 1.53 bits per heavy atom. The number of hydrogen-bond acceptors (Lipinski definition) is 7. The van der Waals surface area contributed by atoms with Gasteiger partial charge >= 0.3 is 0 Å². The van der Waals surface area contributed by atoms with E-state index in [4.69, 9.17) is 4.42 Å². The van der Waals surface area contributed by atoms with Crippen LogP contribution >= 0.6 is 11.8 Å². The average molecular weight is 537 g/mol.